The second kappa shape index (κ2) is 9.25. The van der Waals surface area contributed by atoms with Gasteiger partial charge in [0.1, 0.15) is 0 Å². The minimum atomic E-state index is -0.324. The SMILES string of the molecule is O=[N+]([O-])c1ccc(C2C=C(c3ccccc3)SC3=C2SC2(CCCCC2)N3c2ccccc2)cc1. The Hall–Kier alpha value is -2.96. The molecule has 0 saturated heterocycles. The maximum absolute atomic E-state index is 11.3. The largest absolute Gasteiger partial charge is 0.320 e. The molecule has 1 spiro atoms. The van der Waals surface area contributed by atoms with Crippen molar-refractivity contribution in [3.63, 3.8) is 0 Å². The normalized spacial score (nSPS) is 21.1. The van der Waals surface area contributed by atoms with Crippen LogP contribution in [0.15, 0.2) is 101 Å². The van der Waals surface area contributed by atoms with Crippen LogP contribution in [0.25, 0.3) is 4.91 Å². The third kappa shape index (κ3) is 4.09. The van der Waals surface area contributed by atoms with Gasteiger partial charge in [-0.05, 0) is 36.1 Å². The van der Waals surface area contributed by atoms with Crippen molar-refractivity contribution in [1.82, 2.24) is 0 Å². The second-order valence-corrected chi connectivity index (χ2v) is 11.7. The van der Waals surface area contributed by atoms with Gasteiger partial charge in [-0.1, -0.05) is 110 Å². The summed E-state index contributed by atoms with van der Waals surface area (Å²) in [5, 5.41) is 12.6. The number of nitro benzene ring substituents is 1. The van der Waals surface area contributed by atoms with Crippen molar-refractivity contribution in [2.75, 3.05) is 4.90 Å². The number of hydrogen-bond donors (Lipinski definition) is 0. The standard InChI is InChI=1S/C29H26N2O2S2/c32-31(33)24-16-14-21(15-17-24)25-20-26(22-10-4-1-5-11-22)34-28-27(25)35-29(18-8-3-9-19-29)30(28)23-12-6-2-7-13-23/h1-2,4-7,10-17,20,25H,3,8-9,18-19H2. The summed E-state index contributed by atoms with van der Waals surface area (Å²) in [6.07, 6.45) is 8.45. The monoisotopic (exact) mass is 498 g/mol. The van der Waals surface area contributed by atoms with Crippen molar-refractivity contribution < 1.29 is 4.92 Å². The number of rotatable bonds is 4. The average molecular weight is 499 g/mol. The zero-order valence-electron chi connectivity index (χ0n) is 19.3. The van der Waals surface area contributed by atoms with Gasteiger partial charge in [-0.15, -0.1) is 0 Å². The van der Waals surface area contributed by atoms with E-state index in [2.05, 4.69) is 71.6 Å². The lowest BCUT2D eigenvalue weighted by Gasteiger charge is -2.43. The van der Waals surface area contributed by atoms with Crippen LogP contribution < -0.4 is 4.90 Å². The molecular weight excluding hydrogens is 472 g/mol. The smallest absolute Gasteiger partial charge is 0.269 e. The number of nitro groups is 1. The summed E-state index contributed by atoms with van der Waals surface area (Å²) in [6.45, 7) is 0. The molecule has 3 aromatic rings. The van der Waals surface area contributed by atoms with Crippen LogP contribution in [0.3, 0.4) is 0 Å². The lowest BCUT2D eigenvalue weighted by atomic mass is 9.92. The summed E-state index contributed by atoms with van der Waals surface area (Å²) in [6, 6.07) is 28.5. The van der Waals surface area contributed by atoms with E-state index in [-0.39, 0.29) is 21.4 Å². The molecular formula is C29H26N2O2S2. The molecule has 1 unspecified atom stereocenters. The van der Waals surface area contributed by atoms with Crippen LogP contribution in [0.1, 0.15) is 49.1 Å². The molecule has 3 aromatic carbocycles. The lowest BCUT2D eigenvalue weighted by molar-refractivity contribution is -0.384. The third-order valence-electron chi connectivity index (χ3n) is 7.10. The van der Waals surface area contributed by atoms with Crippen LogP contribution in [0.2, 0.25) is 0 Å². The molecule has 0 amide bonds. The Labute approximate surface area is 214 Å². The maximum atomic E-state index is 11.3. The summed E-state index contributed by atoms with van der Waals surface area (Å²) in [7, 11) is 0. The van der Waals surface area contributed by atoms with Gasteiger partial charge in [0.25, 0.3) is 5.69 Å². The highest BCUT2D eigenvalue weighted by Gasteiger charge is 2.50. The molecule has 4 nitrogen and oxygen atoms in total. The van der Waals surface area contributed by atoms with Crippen molar-refractivity contribution in [2.45, 2.75) is 42.9 Å². The molecule has 0 radical (unpaired) electrons. The molecule has 2 aliphatic heterocycles. The first-order valence-corrected chi connectivity index (χ1v) is 13.8. The van der Waals surface area contributed by atoms with E-state index in [4.69, 9.17) is 0 Å². The van der Waals surface area contributed by atoms with Gasteiger partial charge in [0.05, 0.1) is 14.8 Å². The fourth-order valence-corrected chi connectivity index (χ4v) is 8.69. The summed E-state index contributed by atoms with van der Waals surface area (Å²) < 4.78 is 0. The van der Waals surface area contributed by atoms with Crippen LogP contribution in [-0.4, -0.2) is 9.79 Å². The third-order valence-corrected chi connectivity index (χ3v) is 10.1. The van der Waals surface area contributed by atoms with Crippen molar-refractivity contribution >= 4 is 39.8 Å². The molecule has 0 N–H and O–H groups in total. The summed E-state index contributed by atoms with van der Waals surface area (Å²) in [5.74, 6) is 0.0692. The Morgan fingerprint density at radius 2 is 1.51 bits per heavy atom. The Morgan fingerprint density at radius 1 is 0.857 bits per heavy atom. The van der Waals surface area contributed by atoms with Crippen LogP contribution >= 0.6 is 23.5 Å². The van der Waals surface area contributed by atoms with E-state index in [0.717, 1.165) is 18.4 Å². The molecule has 0 aromatic heterocycles. The first-order chi connectivity index (χ1) is 17.1. The summed E-state index contributed by atoms with van der Waals surface area (Å²) >= 11 is 3.91. The van der Waals surface area contributed by atoms with E-state index in [1.807, 2.05) is 35.7 Å². The number of anilines is 1. The molecule has 6 rings (SSSR count). The van der Waals surface area contributed by atoms with E-state index in [0.29, 0.717) is 0 Å². The fraction of sp³-hybridized carbons (Fsp3) is 0.241. The molecule has 1 aliphatic carbocycles. The summed E-state index contributed by atoms with van der Waals surface area (Å²) in [5.41, 5.74) is 3.69. The van der Waals surface area contributed by atoms with Gasteiger partial charge in [0, 0.05) is 33.5 Å². The predicted molar refractivity (Wildman–Crippen MR) is 147 cm³/mol. The topological polar surface area (TPSA) is 46.4 Å². The molecule has 2 heterocycles. The van der Waals surface area contributed by atoms with Crippen LogP contribution in [0.4, 0.5) is 11.4 Å². The van der Waals surface area contributed by atoms with Gasteiger partial charge in [-0.25, -0.2) is 0 Å². The molecule has 1 fully saturated rings. The van der Waals surface area contributed by atoms with Gasteiger partial charge in [0.2, 0.25) is 0 Å². The van der Waals surface area contributed by atoms with Crippen molar-refractivity contribution in [1.29, 1.82) is 0 Å². The minimum absolute atomic E-state index is 0.0241. The van der Waals surface area contributed by atoms with E-state index in [9.17, 15) is 10.1 Å². The zero-order valence-corrected chi connectivity index (χ0v) is 20.9. The average Bonchev–Trinajstić information content (AvgIpc) is 3.22. The number of benzene rings is 3. The zero-order chi connectivity index (χ0) is 23.8. The van der Waals surface area contributed by atoms with Gasteiger partial charge in [-0.3, -0.25) is 10.1 Å². The second-order valence-electron chi connectivity index (χ2n) is 9.27. The van der Waals surface area contributed by atoms with E-state index < -0.39 is 0 Å². The Bertz CT molecular complexity index is 1300. The Morgan fingerprint density at radius 3 is 2.17 bits per heavy atom. The van der Waals surface area contributed by atoms with Crippen LogP contribution in [0, 0.1) is 10.1 Å². The van der Waals surface area contributed by atoms with Crippen molar-refractivity contribution in [3.8, 4) is 0 Å². The van der Waals surface area contributed by atoms with Crippen molar-refractivity contribution in [2.24, 2.45) is 0 Å². The fourth-order valence-electron chi connectivity index (χ4n) is 5.41. The Kier molecular flexibility index (Phi) is 5.94. The van der Waals surface area contributed by atoms with Gasteiger partial charge >= 0.3 is 0 Å². The van der Waals surface area contributed by atoms with E-state index >= 15 is 0 Å². The molecule has 6 heteroatoms. The highest BCUT2D eigenvalue weighted by atomic mass is 32.2. The molecule has 35 heavy (non-hydrogen) atoms. The van der Waals surface area contributed by atoms with Gasteiger partial charge in [0.15, 0.2) is 0 Å². The first kappa shape index (κ1) is 22.5. The van der Waals surface area contributed by atoms with E-state index in [1.165, 1.54) is 45.4 Å². The van der Waals surface area contributed by atoms with Gasteiger partial charge in [-0.2, -0.15) is 0 Å². The maximum Gasteiger partial charge on any atom is 0.269 e. The highest BCUT2D eigenvalue weighted by molar-refractivity contribution is 8.14. The number of para-hydroxylation sites is 1. The quantitative estimate of drug-likeness (QED) is 0.266. The molecule has 3 aliphatic rings. The molecule has 0 bridgehead atoms. The number of allylic oxidation sites excluding steroid dienone is 2. The summed E-state index contributed by atoms with van der Waals surface area (Å²) in [4.78, 5) is 16.2. The Balaban J connectivity index is 1.50. The predicted octanol–water partition coefficient (Wildman–Crippen LogP) is 8.55. The number of hydrogen-bond acceptors (Lipinski definition) is 5. The van der Waals surface area contributed by atoms with Gasteiger partial charge < -0.3 is 4.90 Å². The highest BCUT2D eigenvalue weighted by Crippen LogP contribution is 2.64. The lowest BCUT2D eigenvalue weighted by Crippen LogP contribution is -2.43. The number of thioether (sulfide) groups is 2. The molecule has 1 saturated carbocycles. The number of nitrogens with zero attached hydrogens (tertiary/aromatic N) is 2. The van der Waals surface area contributed by atoms with E-state index in [1.54, 1.807) is 12.1 Å². The van der Waals surface area contributed by atoms with Crippen molar-refractivity contribution in [3.05, 3.63) is 122 Å². The molecule has 1 atom stereocenters. The van der Waals surface area contributed by atoms with Crippen LogP contribution in [0.5, 0.6) is 0 Å². The molecule has 176 valence electrons. The first-order valence-electron chi connectivity index (χ1n) is 12.1. The number of non-ortho nitro benzene ring substituents is 1. The van der Waals surface area contributed by atoms with Crippen LogP contribution in [-0.2, 0) is 0 Å². The minimum Gasteiger partial charge on any atom is -0.320 e.